The Morgan fingerprint density at radius 1 is 1.09 bits per heavy atom. The number of benzene rings is 2. The fourth-order valence-corrected chi connectivity index (χ4v) is 3.86. The Hall–Kier alpha value is -4.14. The number of hydrogen-bond donors (Lipinski definition) is 4. The van der Waals surface area contributed by atoms with Crippen molar-refractivity contribution in [2.45, 2.75) is 33.2 Å². The Balaban J connectivity index is 2.00. The zero-order chi connectivity index (χ0) is 25.2. The highest BCUT2D eigenvalue weighted by Crippen LogP contribution is 2.33. The molecular formula is C25H26FN3O5. The molecule has 0 spiro atoms. The summed E-state index contributed by atoms with van der Waals surface area (Å²) in [5.74, 6) is -2.21. The maximum atomic E-state index is 14.6. The number of urea groups is 1. The molecule has 0 aliphatic rings. The highest BCUT2D eigenvalue weighted by molar-refractivity contribution is 5.91. The summed E-state index contributed by atoms with van der Waals surface area (Å²) >= 11 is 0. The molecule has 178 valence electrons. The number of carboxylic acid groups (broad SMARTS) is 1. The molecule has 8 nitrogen and oxygen atoms in total. The lowest BCUT2D eigenvalue weighted by atomic mass is 9.90. The van der Waals surface area contributed by atoms with E-state index in [1.807, 2.05) is 31.2 Å². The van der Waals surface area contributed by atoms with Gasteiger partial charge in [0.25, 0.3) is 5.56 Å². The van der Waals surface area contributed by atoms with Crippen LogP contribution in [0.2, 0.25) is 0 Å². The molecular weight excluding hydrogens is 441 g/mol. The molecule has 0 radical (unpaired) electrons. The van der Waals surface area contributed by atoms with E-state index < -0.39 is 41.6 Å². The van der Waals surface area contributed by atoms with Crippen molar-refractivity contribution in [3.63, 3.8) is 0 Å². The maximum absolute atomic E-state index is 14.6. The number of halogens is 1. The average Bonchev–Trinajstić information content (AvgIpc) is 2.76. The number of aryl methyl sites for hydroxylation is 2. The minimum Gasteiger partial charge on any atom is -0.505 e. The molecule has 0 saturated heterocycles. The van der Waals surface area contributed by atoms with Gasteiger partial charge in [0.05, 0.1) is 12.5 Å². The number of aromatic hydroxyl groups is 1. The van der Waals surface area contributed by atoms with Gasteiger partial charge < -0.3 is 25.4 Å². The Morgan fingerprint density at radius 3 is 2.41 bits per heavy atom. The summed E-state index contributed by atoms with van der Waals surface area (Å²) < 4.78 is 15.9. The van der Waals surface area contributed by atoms with Crippen LogP contribution in [-0.4, -0.2) is 26.8 Å². The van der Waals surface area contributed by atoms with Crippen LogP contribution in [0, 0.1) is 26.6 Å². The Morgan fingerprint density at radius 2 is 1.76 bits per heavy atom. The number of anilines is 1. The van der Waals surface area contributed by atoms with Crippen molar-refractivity contribution in [1.29, 1.82) is 0 Å². The van der Waals surface area contributed by atoms with Crippen molar-refractivity contribution in [3.05, 3.63) is 81.0 Å². The smallest absolute Gasteiger partial charge is 0.319 e. The lowest BCUT2D eigenvalue weighted by Gasteiger charge is -2.22. The van der Waals surface area contributed by atoms with Gasteiger partial charge in [0, 0.05) is 18.8 Å². The van der Waals surface area contributed by atoms with Gasteiger partial charge in [-0.2, -0.15) is 0 Å². The number of aliphatic carboxylic acids is 1. The fraction of sp³-hybridized carbons (Fsp3) is 0.240. The van der Waals surface area contributed by atoms with E-state index in [4.69, 9.17) is 0 Å². The summed E-state index contributed by atoms with van der Waals surface area (Å²) in [6, 6.07) is 9.25. The fourth-order valence-electron chi connectivity index (χ4n) is 3.86. The molecule has 0 unspecified atom stereocenters. The first-order valence-corrected chi connectivity index (χ1v) is 10.5. The summed E-state index contributed by atoms with van der Waals surface area (Å²) in [5, 5.41) is 24.3. The van der Waals surface area contributed by atoms with E-state index in [0.717, 1.165) is 11.1 Å². The molecule has 0 aliphatic carbocycles. The van der Waals surface area contributed by atoms with Gasteiger partial charge in [0.1, 0.15) is 11.6 Å². The number of amides is 2. The first-order chi connectivity index (χ1) is 16.0. The van der Waals surface area contributed by atoms with E-state index in [1.165, 1.54) is 29.8 Å². The minimum absolute atomic E-state index is 0.289. The van der Waals surface area contributed by atoms with Crippen LogP contribution in [0.1, 0.15) is 34.8 Å². The van der Waals surface area contributed by atoms with Crippen LogP contribution in [0.5, 0.6) is 5.75 Å². The SMILES string of the molecule is Cc1ccccc1-c1cc(F)cc([C@H](CC(=O)O)NC(=O)Nc2c(O)cc(C)n(C)c2=O)c1C. The normalized spacial score (nSPS) is 11.7. The van der Waals surface area contributed by atoms with Crippen LogP contribution in [-0.2, 0) is 11.8 Å². The van der Waals surface area contributed by atoms with Crippen LogP contribution >= 0.6 is 0 Å². The highest BCUT2D eigenvalue weighted by atomic mass is 19.1. The third kappa shape index (κ3) is 5.09. The predicted molar refractivity (Wildman–Crippen MR) is 127 cm³/mol. The monoisotopic (exact) mass is 467 g/mol. The van der Waals surface area contributed by atoms with Crippen LogP contribution in [0.4, 0.5) is 14.9 Å². The first-order valence-electron chi connectivity index (χ1n) is 10.5. The number of carbonyl (C=O) groups excluding carboxylic acids is 1. The second-order valence-electron chi connectivity index (χ2n) is 8.14. The lowest BCUT2D eigenvalue weighted by molar-refractivity contribution is -0.137. The van der Waals surface area contributed by atoms with E-state index in [2.05, 4.69) is 10.6 Å². The molecule has 4 N–H and O–H groups in total. The minimum atomic E-state index is -1.21. The maximum Gasteiger partial charge on any atom is 0.319 e. The number of rotatable bonds is 6. The number of nitrogens with zero attached hydrogens (tertiary/aromatic N) is 1. The van der Waals surface area contributed by atoms with E-state index in [0.29, 0.717) is 16.8 Å². The molecule has 2 aromatic carbocycles. The Bertz CT molecular complexity index is 1330. The number of aromatic nitrogens is 1. The van der Waals surface area contributed by atoms with Crippen LogP contribution in [0.15, 0.2) is 47.3 Å². The van der Waals surface area contributed by atoms with Crippen LogP contribution in [0.25, 0.3) is 11.1 Å². The molecule has 0 fully saturated rings. The molecule has 9 heteroatoms. The molecule has 1 aromatic heterocycles. The van der Waals surface area contributed by atoms with Crippen LogP contribution < -0.4 is 16.2 Å². The highest BCUT2D eigenvalue weighted by Gasteiger charge is 2.24. The van der Waals surface area contributed by atoms with Gasteiger partial charge in [-0.25, -0.2) is 9.18 Å². The average molecular weight is 467 g/mol. The quantitative estimate of drug-likeness (QED) is 0.434. The zero-order valence-electron chi connectivity index (χ0n) is 19.3. The summed E-state index contributed by atoms with van der Waals surface area (Å²) in [4.78, 5) is 36.7. The molecule has 3 rings (SSSR count). The van der Waals surface area contributed by atoms with Gasteiger partial charge in [-0.05, 0) is 60.7 Å². The molecule has 2 amide bonds. The van der Waals surface area contributed by atoms with Crippen molar-refractivity contribution >= 4 is 17.7 Å². The van der Waals surface area contributed by atoms with E-state index in [-0.39, 0.29) is 11.3 Å². The summed E-state index contributed by atoms with van der Waals surface area (Å²) in [6.45, 7) is 5.23. The van der Waals surface area contributed by atoms with E-state index in [1.54, 1.807) is 13.8 Å². The predicted octanol–water partition coefficient (Wildman–Crippen LogP) is 4.16. The zero-order valence-corrected chi connectivity index (χ0v) is 19.3. The van der Waals surface area contributed by atoms with Gasteiger partial charge >= 0.3 is 12.0 Å². The summed E-state index contributed by atoms with van der Waals surface area (Å²) in [5.41, 5.74) is 2.67. The van der Waals surface area contributed by atoms with Crippen molar-refractivity contribution in [2.75, 3.05) is 5.32 Å². The Kier molecular flexibility index (Phi) is 7.05. The molecule has 0 aliphatic heterocycles. The molecule has 0 saturated carbocycles. The van der Waals surface area contributed by atoms with Gasteiger partial charge in [-0.3, -0.25) is 9.59 Å². The Labute approximate surface area is 195 Å². The molecule has 0 bridgehead atoms. The van der Waals surface area contributed by atoms with Crippen molar-refractivity contribution < 1.29 is 24.2 Å². The van der Waals surface area contributed by atoms with Crippen molar-refractivity contribution in [1.82, 2.24) is 9.88 Å². The van der Waals surface area contributed by atoms with Crippen LogP contribution in [0.3, 0.4) is 0 Å². The number of carbonyl (C=O) groups is 2. The number of pyridine rings is 1. The van der Waals surface area contributed by atoms with Crippen molar-refractivity contribution in [3.8, 4) is 16.9 Å². The van der Waals surface area contributed by atoms with Crippen molar-refractivity contribution in [2.24, 2.45) is 7.05 Å². The van der Waals surface area contributed by atoms with Gasteiger partial charge in [0.15, 0.2) is 5.69 Å². The second-order valence-corrected chi connectivity index (χ2v) is 8.14. The molecule has 1 heterocycles. The lowest BCUT2D eigenvalue weighted by Crippen LogP contribution is -2.36. The third-order valence-corrected chi connectivity index (χ3v) is 5.80. The first kappa shape index (κ1) is 24.5. The summed E-state index contributed by atoms with van der Waals surface area (Å²) in [7, 11) is 1.48. The molecule has 34 heavy (non-hydrogen) atoms. The number of nitrogens with one attached hydrogen (secondary N) is 2. The topological polar surface area (TPSA) is 121 Å². The summed E-state index contributed by atoms with van der Waals surface area (Å²) in [6.07, 6.45) is -0.525. The van der Waals surface area contributed by atoms with Gasteiger partial charge in [-0.15, -0.1) is 0 Å². The molecule has 3 aromatic rings. The van der Waals surface area contributed by atoms with Gasteiger partial charge in [-0.1, -0.05) is 24.3 Å². The number of hydrogen-bond acceptors (Lipinski definition) is 4. The number of carboxylic acids is 1. The second kappa shape index (κ2) is 9.78. The van der Waals surface area contributed by atoms with E-state index in [9.17, 15) is 29.0 Å². The standard InChI is InChI=1S/C25H26FN3O5/c1-13-7-5-6-8-17(13)18-10-16(26)11-19(15(18)3)20(12-22(31)32)27-25(34)28-23-21(30)9-14(2)29(4)24(23)33/h5-11,20,30H,12H2,1-4H3,(H,31,32)(H2,27,28,34)/t20-/m0/s1. The molecule has 1 atom stereocenters. The largest absolute Gasteiger partial charge is 0.505 e. The van der Waals surface area contributed by atoms with Gasteiger partial charge in [0.2, 0.25) is 0 Å². The third-order valence-electron chi connectivity index (χ3n) is 5.80. The van der Waals surface area contributed by atoms with E-state index >= 15 is 0 Å².